The van der Waals surface area contributed by atoms with Gasteiger partial charge in [-0.3, -0.25) is 24.1 Å². The maximum atomic E-state index is 12.4. The molecule has 1 heterocycles. The third-order valence-corrected chi connectivity index (χ3v) is 5.93. The summed E-state index contributed by atoms with van der Waals surface area (Å²) in [7, 11) is 0. The minimum atomic E-state index is -0.822. The molecule has 7 nitrogen and oxygen atoms in total. The van der Waals surface area contributed by atoms with E-state index in [1.54, 1.807) is 19.1 Å². The highest BCUT2D eigenvalue weighted by Gasteiger charge is 2.48. The molecule has 9 heteroatoms. The fourth-order valence-electron chi connectivity index (χ4n) is 3.65. The Bertz CT molecular complexity index is 818. The molecule has 0 aromatic heterocycles. The van der Waals surface area contributed by atoms with Gasteiger partial charge in [0.2, 0.25) is 11.8 Å². The van der Waals surface area contributed by atoms with E-state index in [1.165, 1.54) is 0 Å². The molecule has 150 valence electrons. The van der Waals surface area contributed by atoms with Crippen molar-refractivity contribution in [2.24, 2.45) is 11.8 Å². The van der Waals surface area contributed by atoms with Crippen molar-refractivity contribution in [3.63, 3.8) is 0 Å². The Morgan fingerprint density at radius 1 is 1.14 bits per heavy atom. The quantitative estimate of drug-likeness (QED) is 0.576. The van der Waals surface area contributed by atoms with Gasteiger partial charge in [-0.1, -0.05) is 42.1 Å². The number of carbonyl (C=O) groups is 4. The lowest BCUT2D eigenvalue weighted by Crippen LogP contribution is -2.37. The summed E-state index contributed by atoms with van der Waals surface area (Å²) in [6, 6.07) is 3.30. The van der Waals surface area contributed by atoms with Crippen molar-refractivity contribution in [2.45, 2.75) is 32.6 Å². The Morgan fingerprint density at radius 2 is 1.75 bits per heavy atom. The Morgan fingerprint density at radius 3 is 2.36 bits per heavy atom. The number of halogens is 2. The van der Waals surface area contributed by atoms with Crippen LogP contribution in [0.15, 0.2) is 12.1 Å². The van der Waals surface area contributed by atoms with Crippen molar-refractivity contribution >= 4 is 52.6 Å². The van der Waals surface area contributed by atoms with Gasteiger partial charge in [-0.25, -0.2) is 0 Å². The predicted octanol–water partition coefficient (Wildman–Crippen LogP) is 2.96. The first kappa shape index (κ1) is 20.6. The predicted molar refractivity (Wildman–Crippen MR) is 103 cm³/mol. The SMILES string of the molecule is Cc1ccc(Cl)c(NC(=O)COC(=O)CN2C(=O)[C@@H]3CCCC[C@H]3C2=O)c1Cl. The Hall–Kier alpha value is -2.12. The maximum absolute atomic E-state index is 12.4. The highest BCUT2D eigenvalue weighted by Crippen LogP contribution is 2.38. The number of nitrogens with zero attached hydrogens (tertiary/aromatic N) is 1. The van der Waals surface area contributed by atoms with Crippen LogP contribution in [0.1, 0.15) is 31.2 Å². The number of nitrogens with one attached hydrogen (secondary N) is 1. The normalized spacial score (nSPS) is 21.5. The molecule has 2 atom stereocenters. The Balaban J connectivity index is 1.53. The lowest BCUT2D eigenvalue weighted by Gasteiger charge is -2.19. The van der Waals surface area contributed by atoms with Crippen molar-refractivity contribution < 1.29 is 23.9 Å². The molecule has 1 aliphatic heterocycles. The highest BCUT2D eigenvalue weighted by molar-refractivity contribution is 6.40. The van der Waals surface area contributed by atoms with Gasteiger partial charge in [-0.2, -0.15) is 0 Å². The molecule has 2 aliphatic rings. The van der Waals surface area contributed by atoms with E-state index in [4.69, 9.17) is 27.9 Å². The number of hydrogen-bond donors (Lipinski definition) is 1. The third kappa shape index (κ3) is 4.15. The van der Waals surface area contributed by atoms with E-state index in [9.17, 15) is 19.2 Å². The summed E-state index contributed by atoms with van der Waals surface area (Å²) in [5.74, 6) is -2.76. The minimum Gasteiger partial charge on any atom is -0.454 e. The van der Waals surface area contributed by atoms with Crippen LogP contribution in [0.25, 0.3) is 0 Å². The fraction of sp³-hybridized carbons (Fsp3) is 0.474. The van der Waals surface area contributed by atoms with Crippen LogP contribution >= 0.6 is 23.2 Å². The molecule has 0 bridgehead atoms. The van der Waals surface area contributed by atoms with Crippen LogP contribution in [0, 0.1) is 18.8 Å². The second-order valence-corrected chi connectivity index (χ2v) is 7.81. The molecular formula is C19H20Cl2N2O5. The van der Waals surface area contributed by atoms with Gasteiger partial charge in [0, 0.05) is 0 Å². The molecule has 3 amide bonds. The number of aryl methyl sites for hydroxylation is 1. The van der Waals surface area contributed by atoms with Crippen LogP contribution in [-0.2, 0) is 23.9 Å². The van der Waals surface area contributed by atoms with Gasteiger partial charge in [-0.15, -0.1) is 0 Å². The van der Waals surface area contributed by atoms with Crippen LogP contribution in [0.5, 0.6) is 0 Å². The summed E-state index contributed by atoms with van der Waals surface area (Å²) in [6.45, 7) is 0.697. The first-order chi connectivity index (χ1) is 13.3. The van der Waals surface area contributed by atoms with Crippen molar-refractivity contribution in [1.82, 2.24) is 4.90 Å². The minimum absolute atomic E-state index is 0.235. The molecule has 1 aliphatic carbocycles. The summed E-state index contributed by atoms with van der Waals surface area (Å²) < 4.78 is 4.91. The van der Waals surface area contributed by atoms with Gasteiger partial charge in [0.25, 0.3) is 5.91 Å². The van der Waals surface area contributed by atoms with Gasteiger partial charge < -0.3 is 10.1 Å². The summed E-state index contributed by atoms with van der Waals surface area (Å²) in [6.07, 6.45) is 3.15. The number of anilines is 1. The number of ether oxygens (including phenoxy) is 1. The number of amides is 3. The largest absolute Gasteiger partial charge is 0.454 e. The average molecular weight is 427 g/mol. The van der Waals surface area contributed by atoms with Gasteiger partial charge in [-0.05, 0) is 31.4 Å². The van der Waals surface area contributed by atoms with Crippen molar-refractivity contribution in [1.29, 1.82) is 0 Å². The standard InChI is InChI=1S/C19H20Cl2N2O5/c1-10-6-7-13(20)17(16(10)21)22-14(24)9-28-15(25)8-23-18(26)11-4-2-3-5-12(11)19(23)27/h6-7,11-12H,2-5,8-9H2,1H3,(H,22,24)/t11-,12-/m1/s1. The third-order valence-electron chi connectivity index (χ3n) is 5.13. The number of carbonyl (C=O) groups excluding carboxylic acids is 4. The van der Waals surface area contributed by atoms with Gasteiger partial charge in [0.15, 0.2) is 6.61 Å². The number of rotatable bonds is 5. The monoisotopic (exact) mass is 426 g/mol. The number of esters is 1. The zero-order valence-electron chi connectivity index (χ0n) is 15.3. The van der Waals surface area contributed by atoms with E-state index in [0.29, 0.717) is 17.9 Å². The zero-order valence-corrected chi connectivity index (χ0v) is 16.8. The Kier molecular flexibility index (Phi) is 6.25. The molecule has 28 heavy (non-hydrogen) atoms. The maximum Gasteiger partial charge on any atom is 0.326 e. The van der Waals surface area contributed by atoms with E-state index in [2.05, 4.69) is 5.32 Å². The molecule has 0 unspecified atom stereocenters. The summed E-state index contributed by atoms with van der Waals surface area (Å²) in [5.41, 5.74) is 0.962. The summed E-state index contributed by atoms with van der Waals surface area (Å²) >= 11 is 12.1. The number of likely N-dealkylation sites (tertiary alicyclic amines) is 1. The molecule has 1 N–H and O–H groups in total. The molecule has 3 rings (SSSR count). The van der Waals surface area contributed by atoms with Gasteiger partial charge in [0.1, 0.15) is 6.54 Å². The van der Waals surface area contributed by atoms with E-state index in [1.807, 2.05) is 0 Å². The van der Waals surface area contributed by atoms with Crippen molar-refractivity contribution in [3.05, 3.63) is 27.7 Å². The number of fused-ring (bicyclic) bond motifs is 1. The molecule has 1 aromatic rings. The number of imide groups is 1. The lowest BCUT2D eigenvalue weighted by molar-refractivity contribution is -0.154. The van der Waals surface area contributed by atoms with E-state index in [-0.39, 0.29) is 34.4 Å². The Labute approximate surface area is 172 Å². The van der Waals surface area contributed by atoms with E-state index < -0.39 is 25.0 Å². The smallest absolute Gasteiger partial charge is 0.326 e. The molecule has 1 saturated carbocycles. The lowest BCUT2D eigenvalue weighted by atomic mass is 9.81. The van der Waals surface area contributed by atoms with E-state index in [0.717, 1.165) is 23.3 Å². The van der Waals surface area contributed by atoms with Crippen molar-refractivity contribution in [3.8, 4) is 0 Å². The van der Waals surface area contributed by atoms with Gasteiger partial charge >= 0.3 is 5.97 Å². The van der Waals surface area contributed by atoms with Crippen molar-refractivity contribution in [2.75, 3.05) is 18.5 Å². The van der Waals surface area contributed by atoms with Crippen LogP contribution in [0.4, 0.5) is 5.69 Å². The summed E-state index contributed by atoms with van der Waals surface area (Å²) in [4.78, 5) is 49.8. The second kappa shape index (κ2) is 8.49. The highest BCUT2D eigenvalue weighted by atomic mass is 35.5. The first-order valence-corrected chi connectivity index (χ1v) is 9.80. The molecular weight excluding hydrogens is 407 g/mol. The molecule has 1 saturated heterocycles. The number of hydrogen-bond acceptors (Lipinski definition) is 5. The molecule has 0 spiro atoms. The second-order valence-electron chi connectivity index (χ2n) is 7.02. The number of benzene rings is 1. The van der Waals surface area contributed by atoms with Crippen LogP contribution in [-0.4, -0.2) is 41.7 Å². The summed E-state index contributed by atoms with van der Waals surface area (Å²) in [5, 5.41) is 3.05. The van der Waals surface area contributed by atoms with Gasteiger partial charge in [0.05, 0.1) is 27.6 Å². The molecule has 2 fully saturated rings. The molecule has 1 aromatic carbocycles. The first-order valence-electron chi connectivity index (χ1n) is 9.05. The fourth-order valence-corrected chi connectivity index (χ4v) is 4.12. The zero-order chi connectivity index (χ0) is 20.4. The average Bonchev–Trinajstić information content (AvgIpc) is 2.92. The van der Waals surface area contributed by atoms with Crippen LogP contribution < -0.4 is 5.32 Å². The van der Waals surface area contributed by atoms with Crippen LogP contribution in [0.2, 0.25) is 10.0 Å². The topological polar surface area (TPSA) is 92.8 Å². The molecule has 0 radical (unpaired) electrons. The van der Waals surface area contributed by atoms with Crippen LogP contribution in [0.3, 0.4) is 0 Å². The van der Waals surface area contributed by atoms with E-state index >= 15 is 0 Å².